The molecule has 0 aliphatic rings. The molecule has 1 aromatic carbocycles. The lowest BCUT2D eigenvalue weighted by Gasteiger charge is -2.04. The van der Waals surface area contributed by atoms with Gasteiger partial charge in [0.25, 0.3) is 5.56 Å². The lowest BCUT2D eigenvalue weighted by atomic mass is 10.1. The Kier molecular flexibility index (Phi) is 3.64. The van der Waals surface area contributed by atoms with Crippen LogP contribution in [0.5, 0.6) is 0 Å². The smallest absolute Gasteiger partial charge is 0.265 e. The number of aromatic amines is 1. The largest absolute Gasteiger partial charge is 0.309 e. The molecule has 2 aromatic rings. The summed E-state index contributed by atoms with van der Waals surface area (Å²) in [7, 11) is 0. The van der Waals surface area contributed by atoms with E-state index < -0.39 is 0 Å². The minimum atomic E-state index is -0.158. The fourth-order valence-electron chi connectivity index (χ4n) is 1.55. The van der Waals surface area contributed by atoms with Crippen molar-refractivity contribution in [2.45, 2.75) is 13.3 Å². The van der Waals surface area contributed by atoms with Gasteiger partial charge in [-0.15, -0.1) is 0 Å². The lowest BCUT2D eigenvalue weighted by Crippen LogP contribution is -2.14. The van der Waals surface area contributed by atoms with Gasteiger partial charge in [-0.1, -0.05) is 23.7 Å². The van der Waals surface area contributed by atoms with Crippen molar-refractivity contribution in [3.63, 3.8) is 0 Å². The minimum Gasteiger partial charge on any atom is -0.309 e. The van der Waals surface area contributed by atoms with Crippen molar-refractivity contribution in [2.75, 3.05) is 0 Å². The van der Waals surface area contributed by atoms with E-state index >= 15 is 0 Å². The van der Waals surface area contributed by atoms with Crippen LogP contribution in [-0.4, -0.2) is 9.97 Å². The standard InChI is InChI=1S/C12H10BrClN2O/c1-7-11(13)12(17)16-10(15-7)6-8-3-2-4-9(14)5-8/h2-5H,6H2,1H3,(H,15,16,17). The van der Waals surface area contributed by atoms with Crippen LogP contribution in [0, 0.1) is 6.92 Å². The second-order valence-corrected chi connectivity index (χ2v) is 4.95. The second-order valence-electron chi connectivity index (χ2n) is 3.72. The quantitative estimate of drug-likeness (QED) is 0.926. The molecule has 0 saturated carbocycles. The Bertz CT molecular complexity index is 610. The van der Waals surface area contributed by atoms with Crippen molar-refractivity contribution in [1.29, 1.82) is 0 Å². The molecule has 0 saturated heterocycles. The number of hydrogen-bond acceptors (Lipinski definition) is 2. The zero-order valence-electron chi connectivity index (χ0n) is 9.13. The molecule has 0 radical (unpaired) electrons. The zero-order valence-corrected chi connectivity index (χ0v) is 11.5. The van der Waals surface area contributed by atoms with Gasteiger partial charge < -0.3 is 4.98 Å². The Morgan fingerprint density at radius 1 is 1.47 bits per heavy atom. The van der Waals surface area contributed by atoms with Crippen LogP contribution < -0.4 is 5.56 Å². The average molecular weight is 314 g/mol. The molecule has 2 rings (SSSR count). The number of H-pyrrole nitrogens is 1. The third kappa shape index (κ3) is 2.96. The van der Waals surface area contributed by atoms with Gasteiger partial charge in [0, 0.05) is 11.4 Å². The Labute approximate surface area is 112 Å². The number of hydrogen-bond donors (Lipinski definition) is 1. The van der Waals surface area contributed by atoms with Gasteiger partial charge in [0.15, 0.2) is 0 Å². The number of halogens is 2. The molecule has 3 nitrogen and oxygen atoms in total. The first kappa shape index (κ1) is 12.3. The number of benzene rings is 1. The van der Waals surface area contributed by atoms with Crippen LogP contribution in [0.25, 0.3) is 0 Å². The normalized spacial score (nSPS) is 10.5. The number of rotatable bonds is 2. The van der Waals surface area contributed by atoms with Crippen molar-refractivity contribution >= 4 is 27.5 Å². The average Bonchev–Trinajstić information content (AvgIpc) is 2.26. The summed E-state index contributed by atoms with van der Waals surface area (Å²) < 4.78 is 0.479. The summed E-state index contributed by atoms with van der Waals surface area (Å²) in [6, 6.07) is 7.50. The molecule has 0 unspecified atom stereocenters. The van der Waals surface area contributed by atoms with E-state index in [2.05, 4.69) is 25.9 Å². The number of nitrogens with one attached hydrogen (secondary N) is 1. The van der Waals surface area contributed by atoms with E-state index in [0.29, 0.717) is 27.4 Å². The van der Waals surface area contributed by atoms with Gasteiger partial charge in [0.2, 0.25) is 0 Å². The molecule has 17 heavy (non-hydrogen) atoms. The molecule has 0 amide bonds. The minimum absolute atomic E-state index is 0.158. The number of aromatic nitrogens is 2. The predicted octanol–water partition coefficient (Wildman–Crippen LogP) is 3.09. The van der Waals surface area contributed by atoms with E-state index in [0.717, 1.165) is 5.56 Å². The monoisotopic (exact) mass is 312 g/mol. The summed E-state index contributed by atoms with van der Waals surface area (Å²) in [5, 5.41) is 0.679. The van der Waals surface area contributed by atoms with Gasteiger partial charge in [-0.05, 0) is 40.5 Å². The van der Waals surface area contributed by atoms with Gasteiger partial charge in [-0.2, -0.15) is 0 Å². The summed E-state index contributed by atoms with van der Waals surface area (Å²) in [5.41, 5.74) is 1.54. The highest BCUT2D eigenvalue weighted by Crippen LogP contribution is 2.14. The Morgan fingerprint density at radius 3 is 2.88 bits per heavy atom. The Hall–Kier alpha value is -1.13. The molecule has 0 atom stereocenters. The fourth-order valence-corrected chi connectivity index (χ4v) is 1.95. The maximum absolute atomic E-state index is 11.5. The van der Waals surface area contributed by atoms with Gasteiger partial charge >= 0.3 is 0 Å². The van der Waals surface area contributed by atoms with Crippen molar-refractivity contribution in [2.24, 2.45) is 0 Å². The first-order chi connectivity index (χ1) is 8.06. The highest BCUT2D eigenvalue weighted by atomic mass is 79.9. The molecule has 5 heteroatoms. The number of nitrogens with zero attached hydrogens (tertiary/aromatic N) is 1. The van der Waals surface area contributed by atoms with E-state index in [1.165, 1.54) is 0 Å². The first-order valence-corrected chi connectivity index (χ1v) is 6.23. The molecular weight excluding hydrogens is 304 g/mol. The molecule has 88 valence electrons. The van der Waals surface area contributed by atoms with Gasteiger partial charge in [-0.3, -0.25) is 4.79 Å². The van der Waals surface area contributed by atoms with E-state index in [4.69, 9.17) is 11.6 Å². The van der Waals surface area contributed by atoms with Gasteiger partial charge in [0.1, 0.15) is 10.3 Å². The molecule has 0 bridgehead atoms. The van der Waals surface area contributed by atoms with Crippen molar-refractivity contribution in [1.82, 2.24) is 9.97 Å². The topological polar surface area (TPSA) is 45.8 Å². The maximum atomic E-state index is 11.5. The van der Waals surface area contributed by atoms with Crippen LogP contribution >= 0.6 is 27.5 Å². The van der Waals surface area contributed by atoms with Crippen LogP contribution in [0.1, 0.15) is 17.1 Å². The second kappa shape index (κ2) is 5.02. The number of aryl methyl sites for hydroxylation is 1. The van der Waals surface area contributed by atoms with E-state index in [-0.39, 0.29) is 5.56 Å². The van der Waals surface area contributed by atoms with Crippen molar-refractivity contribution < 1.29 is 0 Å². The molecular formula is C12H10BrClN2O. The van der Waals surface area contributed by atoms with Crippen LogP contribution in [0.15, 0.2) is 33.5 Å². The molecule has 1 N–H and O–H groups in total. The Balaban J connectivity index is 2.34. The van der Waals surface area contributed by atoms with Crippen molar-refractivity contribution in [3.8, 4) is 0 Å². The highest BCUT2D eigenvalue weighted by molar-refractivity contribution is 9.10. The molecule has 1 aromatic heterocycles. The predicted molar refractivity (Wildman–Crippen MR) is 71.6 cm³/mol. The summed E-state index contributed by atoms with van der Waals surface area (Å²) in [6.45, 7) is 1.79. The van der Waals surface area contributed by atoms with Gasteiger partial charge in [0.05, 0.1) is 5.69 Å². The van der Waals surface area contributed by atoms with Crippen LogP contribution in [0.4, 0.5) is 0 Å². The summed E-state index contributed by atoms with van der Waals surface area (Å²) in [5.74, 6) is 0.637. The highest BCUT2D eigenvalue weighted by Gasteiger charge is 2.05. The maximum Gasteiger partial charge on any atom is 0.265 e. The van der Waals surface area contributed by atoms with Crippen LogP contribution in [0.3, 0.4) is 0 Å². The third-order valence-electron chi connectivity index (χ3n) is 2.34. The molecule has 1 heterocycles. The molecule has 0 spiro atoms. The molecule has 0 fully saturated rings. The lowest BCUT2D eigenvalue weighted by molar-refractivity contribution is 0.911. The van der Waals surface area contributed by atoms with Crippen molar-refractivity contribution in [3.05, 3.63) is 61.2 Å². The summed E-state index contributed by atoms with van der Waals surface area (Å²) in [4.78, 5) is 18.6. The van der Waals surface area contributed by atoms with Gasteiger partial charge in [-0.25, -0.2) is 4.98 Å². The fraction of sp³-hybridized carbons (Fsp3) is 0.167. The Morgan fingerprint density at radius 2 is 2.24 bits per heavy atom. The van der Waals surface area contributed by atoms with E-state index in [9.17, 15) is 4.79 Å². The van der Waals surface area contributed by atoms with Crippen LogP contribution in [0.2, 0.25) is 5.02 Å². The van der Waals surface area contributed by atoms with E-state index in [1.54, 1.807) is 6.92 Å². The summed E-state index contributed by atoms with van der Waals surface area (Å²) in [6.07, 6.45) is 0.559. The third-order valence-corrected chi connectivity index (χ3v) is 3.51. The zero-order chi connectivity index (χ0) is 12.4. The van der Waals surface area contributed by atoms with Crippen LogP contribution in [-0.2, 0) is 6.42 Å². The molecule has 0 aliphatic heterocycles. The summed E-state index contributed by atoms with van der Waals surface area (Å²) >= 11 is 9.08. The SMILES string of the molecule is Cc1nc(Cc2cccc(Cl)c2)[nH]c(=O)c1Br. The molecule has 0 aliphatic carbocycles. The first-order valence-electron chi connectivity index (χ1n) is 5.06. The van der Waals surface area contributed by atoms with E-state index in [1.807, 2.05) is 24.3 Å².